The van der Waals surface area contributed by atoms with Crippen molar-refractivity contribution in [2.24, 2.45) is 5.10 Å². The zero-order chi connectivity index (χ0) is 16.4. The maximum absolute atomic E-state index is 6.28. The van der Waals surface area contributed by atoms with Crippen LogP contribution >= 0.6 is 23.2 Å². The van der Waals surface area contributed by atoms with Gasteiger partial charge in [0.05, 0.1) is 26.0 Å². The maximum atomic E-state index is 6.28. The maximum Gasteiger partial charge on any atom is 0.161 e. The quantitative estimate of drug-likeness (QED) is 0.885. The minimum atomic E-state index is -0.0423. The van der Waals surface area contributed by atoms with Gasteiger partial charge in [-0.2, -0.15) is 5.10 Å². The Morgan fingerprint density at radius 1 is 1.04 bits per heavy atom. The second-order valence-corrected chi connectivity index (χ2v) is 5.96. The van der Waals surface area contributed by atoms with Crippen LogP contribution < -0.4 is 14.9 Å². The first-order valence-corrected chi connectivity index (χ1v) is 7.88. The monoisotopic (exact) mass is 350 g/mol. The molecule has 2 aromatic rings. The molecule has 0 spiro atoms. The van der Waals surface area contributed by atoms with E-state index in [2.05, 4.69) is 10.5 Å². The molecule has 0 aliphatic carbocycles. The molecule has 0 bridgehead atoms. The molecule has 1 unspecified atom stereocenters. The fourth-order valence-electron chi connectivity index (χ4n) is 2.65. The number of nitrogens with zero attached hydrogens (tertiary/aromatic N) is 1. The van der Waals surface area contributed by atoms with Gasteiger partial charge in [0.25, 0.3) is 0 Å². The van der Waals surface area contributed by atoms with E-state index in [0.717, 1.165) is 16.8 Å². The van der Waals surface area contributed by atoms with Crippen molar-refractivity contribution in [3.05, 3.63) is 57.6 Å². The summed E-state index contributed by atoms with van der Waals surface area (Å²) in [6.45, 7) is 0. The van der Waals surface area contributed by atoms with Gasteiger partial charge in [-0.05, 0) is 30.3 Å². The van der Waals surface area contributed by atoms with Crippen molar-refractivity contribution in [3.8, 4) is 11.5 Å². The van der Waals surface area contributed by atoms with Crippen molar-refractivity contribution in [2.75, 3.05) is 14.2 Å². The second kappa shape index (κ2) is 6.69. The van der Waals surface area contributed by atoms with E-state index in [1.54, 1.807) is 14.2 Å². The predicted octanol–water partition coefficient (Wildman–Crippen LogP) is 4.45. The average molecular weight is 351 g/mol. The first kappa shape index (κ1) is 16.0. The van der Waals surface area contributed by atoms with Crippen molar-refractivity contribution in [3.63, 3.8) is 0 Å². The van der Waals surface area contributed by atoms with Gasteiger partial charge in [0.1, 0.15) is 0 Å². The summed E-state index contributed by atoms with van der Waals surface area (Å²) in [5, 5.41) is 5.71. The molecule has 2 aromatic carbocycles. The number of halogens is 2. The minimum Gasteiger partial charge on any atom is -0.493 e. The van der Waals surface area contributed by atoms with Crippen LogP contribution in [-0.2, 0) is 0 Å². The van der Waals surface area contributed by atoms with Gasteiger partial charge in [-0.15, -0.1) is 0 Å². The molecule has 3 rings (SSSR count). The largest absolute Gasteiger partial charge is 0.493 e. The number of hydrogen-bond acceptors (Lipinski definition) is 4. The van der Waals surface area contributed by atoms with Crippen LogP contribution in [0, 0.1) is 0 Å². The predicted molar refractivity (Wildman–Crippen MR) is 93.0 cm³/mol. The number of rotatable bonds is 4. The Kier molecular flexibility index (Phi) is 4.64. The highest BCUT2D eigenvalue weighted by atomic mass is 35.5. The molecule has 0 amide bonds. The SMILES string of the molecule is COc1ccc(C2=NNC(c3c(Cl)cccc3Cl)C2)cc1OC. The summed E-state index contributed by atoms with van der Waals surface area (Å²) in [6, 6.07) is 11.2. The van der Waals surface area contributed by atoms with E-state index in [1.807, 2.05) is 36.4 Å². The molecule has 4 nitrogen and oxygen atoms in total. The molecule has 0 radical (unpaired) electrons. The van der Waals surface area contributed by atoms with Gasteiger partial charge in [-0.25, -0.2) is 0 Å². The molecule has 0 aromatic heterocycles. The minimum absolute atomic E-state index is 0.0423. The van der Waals surface area contributed by atoms with Gasteiger partial charge in [-0.1, -0.05) is 29.3 Å². The van der Waals surface area contributed by atoms with E-state index in [1.165, 1.54) is 0 Å². The summed E-state index contributed by atoms with van der Waals surface area (Å²) in [7, 11) is 3.23. The van der Waals surface area contributed by atoms with E-state index in [4.69, 9.17) is 32.7 Å². The smallest absolute Gasteiger partial charge is 0.161 e. The molecule has 6 heteroatoms. The fraction of sp³-hybridized carbons (Fsp3) is 0.235. The van der Waals surface area contributed by atoms with Crippen molar-refractivity contribution in [1.29, 1.82) is 0 Å². The molecule has 1 heterocycles. The molecule has 1 atom stereocenters. The lowest BCUT2D eigenvalue weighted by molar-refractivity contribution is 0.355. The number of hydrogen-bond donors (Lipinski definition) is 1. The van der Waals surface area contributed by atoms with Crippen LogP contribution in [0.2, 0.25) is 10.0 Å². The summed E-state index contributed by atoms with van der Waals surface area (Å²) in [5.41, 5.74) is 5.88. The number of nitrogens with one attached hydrogen (secondary N) is 1. The van der Waals surface area contributed by atoms with E-state index in [9.17, 15) is 0 Å². The third-order valence-electron chi connectivity index (χ3n) is 3.82. The summed E-state index contributed by atoms with van der Waals surface area (Å²) in [4.78, 5) is 0. The van der Waals surface area contributed by atoms with Crippen LogP contribution in [0.5, 0.6) is 11.5 Å². The molecule has 0 saturated heterocycles. The number of benzene rings is 2. The van der Waals surface area contributed by atoms with E-state index in [-0.39, 0.29) is 6.04 Å². The Labute approximate surface area is 145 Å². The lowest BCUT2D eigenvalue weighted by atomic mass is 9.99. The Balaban J connectivity index is 1.85. The molecule has 0 fully saturated rings. The van der Waals surface area contributed by atoms with Crippen molar-refractivity contribution >= 4 is 28.9 Å². The Hall–Kier alpha value is -1.91. The summed E-state index contributed by atoms with van der Waals surface area (Å²) >= 11 is 12.6. The molecule has 1 aliphatic rings. The summed E-state index contributed by atoms with van der Waals surface area (Å²) < 4.78 is 10.6. The highest BCUT2D eigenvalue weighted by Crippen LogP contribution is 2.36. The zero-order valence-electron chi connectivity index (χ0n) is 12.8. The first-order valence-electron chi connectivity index (χ1n) is 7.12. The number of methoxy groups -OCH3 is 2. The molecule has 1 N–H and O–H groups in total. The van der Waals surface area contributed by atoms with Crippen LogP contribution in [0.15, 0.2) is 41.5 Å². The molecule has 1 aliphatic heterocycles. The van der Waals surface area contributed by atoms with E-state index < -0.39 is 0 Å². The lowest BCUT2D eigenvalue weighted by Crippen LogP contribution is -2.11. The first-order chi connectivity index (χ1) is 11.1. The Morgan fingerprint density at radius 2 is 1.74 bits per heavy atom. The summed E-state index contributed by atoms with van der Waals surface area (Å²) in [5.74, 6) is 1.36. The third kappa shape index (κ3) is 3.09. The standard InChI is InChI=1S/C17H16Cl2N2O2/c1-22-15-7-6-10(8-16(15)23-2)13-9-14(21-20-13)17-11(18)4-3-5-12(17)19/h3-8,14,21H,9H2,1-2H3. The molecule has 23 heavy (non-hydrogen) atoms. The normalized spacial score (nSPS) is 16.7. The average Bonchev–Trinajstić information content (AvgIpc) is 3.03. The van der Waals surface area contributed by atoms with Gasteiger partial charge < -0.3 is 14.9 Å². The van der Waals surface area contributed by atoms with Crippen LogP contribution in [0.25, 0.3) is 0 Å². The van der Waals surface area contributed by atoms with Crippen LogP contribution in [0.3, 0.4) is 0 Å². The van der Waals surface area contributed by atoms with Crippen LogP contribution in [0.1, 0.15) is 23.6 Å². The van der Waals surface area contributed by atoms with Crippen LogP contribution in [0.4, 0.5) is 0 Å². The highest BCUT2D eigenvalue weighted by molar-refractivity contribution is 6.36. The number of hydrazone groups is 1. The van der Waals surface area contributed by atoms with Crippen LogP contribution in [-0.4, -0.2) is 19.9 Å². The zero-order valence-corrected chi connectivity index (χ0v) is 14.3. The van der Waals surface area contributed by atoms with E-state index in [0.29, 0.717) is 28.0 Å². The second-order valence-electron chi connectivity index (χ2n) is 5.15. The van der Waals surface area contributed by atoms with Crippen molar-refractivity contribution < 1.29 is 9.47 Å². The molecule has 120 valence electrons. The van der Waals surface area contributed by atoms with Crippen molar-refractivity contribution in [2.45, 2.75) is 12.5 Å². The molecule has 0 saturated carbocycles. The fourth-order valence-corrected chi connectivity index (χ4v) is 3.31. The van der Waals surface area contributed by atoms with Gasteiger partial charge in [-0.3, -0.25) is 0 Å². The Morgan fingerprint density at radius 3 is 2.39 bits per heavy atom. The topological polar surface area (TPSA) is 42.8 Å². The Bertz CT molecular complexity index is 742. The van der Waals surface area contributed by atoms with Crippen molar-refractivity contribution in [1.82, 2.24) is 5.43 Å². The van der Waals surface area contributed by atoms with Gasteiger partial charge in [0, 0.05) is 27.6 Å². The van der Waals surface area contributed by atoms with Gasteiger partial charge in [0.15, 0.2) is 11.5 Å². The molecular weight excluding hydrogens is 335 g/mol. The summed E-state index contributed by atoms with van der Waals surface area (Å²) in [6.07, 6.45) is 0.693. The van der Waals surface area contributed by atoms with Gasteiger partial charge in [0.2, 0.25) is 0 Å². The van der Waals surface area contributed by atoms with Gasteiger partial charge >= 0.3 is 0 Å². The number of ether oxygens (including phenoxy) is 2. The third-order valence-corrected chi connectivity index (χ3v) is 4.48. The van der Waals surface area contributed by atoms with E-state index >= 15 is 0 Å². The lowest BCUT2D eigenvalue weighted by Gasteiger charge is -2.14. The molecular formula is C17H16Cl2N2O2. The highest BCUT2D eigenvalue weighted by Gasteiger charge is 2.25.